The molecule has 0 bridgehead atoms. The Morgan fingerprint density at radius 3 is 2.47 bits per heavy atom. The normalized spacial score (nSPS) is 20.9. The lowest BCUT2D eigenvalue weighted by Gasteiger charge is -2.35. The minimum atomic E-state index is 0.0232. The maximum Gasteiger partial charge on any atom is 0.203 e. The number of nitrogens with zero attached hydrogens (tertiary/aromatic N) is 3. The SMILES string of the molecule is CCCC[C@H]1CC[C@@H](Oc2ccc(=N)n(C(=N)N3CCC(CN(C)C)CC3)c2)c2ccccc21. The van der Waals surface area contributed by atoms with Crippen molar-refractivity contribution in [1.29, 1.82) is 10.8 Å². The van der Waals surface area contributed by atoms with E-state index in [0.29, 0.717) is 23.3 Å². The zero-order valence-electron chi connectivity index (χ0n) is 21.1. The molecule has 1 fully saturated rings. The van der Waals surface area contributed by atoms with Gasteiger partial charge in [0.25, 0.3) is 0 Å². The van der Waals surface area contributed by atoms with Crippen molar-refractivity contribution in [3.63, 3.8) is 0 Å². The molecular weight excluding hydrogens is 422 g/mol. The Bertz CT molecular complexity index is 1020. The first-order valence-electron chi connectivity index (χ1n) is 13.0. The number of aromatic nitrogens is 1. The average molecular weight is 464 g/mol. The largest absolute Gasteiger partial charge is 0.484 e. The van der Waals surface area contributed by atoms with E-state index >= 15 is 0 Å². The van der Waals surface area contributed by atoms with Crippen LogP contribution in [0, 0.1) is 16.7 Å². The molecule has 1 aliphatic carbocycles. The molecule has 1 aromatic carbocycles. The van der Waals surface area contributed by atoms with Crippen molar-refractivity contribution in [1.82, 2.24) is 14.4 Å². The van der Waals surface area contributed by atoms with Crippen LogP contribution in [-0.2, 0) is 0 Å². The Kier molecular flexibility index (Phi) is 8.09. The van der Waals surface area contributed by atoms with E-state index in [4.69, 9.17) is 15.6 Å². The molecule has 2 heterocycles. The van der Waals surface area contributed by atoms with Crippen LogP contribution >= 0.6 is 0 Å². The van der Waals surface area contributed by atoms with E-state index in [-0.39, 0.29) is 6.10 Å². The van der Waals surface area contributed by atoms with Crippen LogP contribution in [0.5, 0.6) is 5.75 Å². The standard InChI is InChI=1S/C28H41N5O/c1-4-5-8-22-11-13-26(25-10-7-6-9-24(22)25)34-23-12-14-27(29)33(20-23)28(30)32-17-15-21(16-18-32)19-31(2)3/h6-7,9-10,12,14,20-22,26,29-30H,4-5,8,11,13,15-19H2,1-3H3/t22-,26+/m0/s1. The zero-order valence-corrected chi connectivity index (χ0v) is 21.1. The van der Waals surface area contributed by atoms with E-state index in [1.807, 2.05) is 12.3 Å². The summed E-state index contributed by atoms with van der Waals surface area (Å²) in [4.78, 5) is 4.35. The van der Waals surface area contributed by atoms with Crippen molar-refractivity contribution < 1.29 is 4.74 Å². The smallest absolute Gasteiger partial charge is 0.203 e. The highest BCUT2D eigenvalue weighted by molar-refractivity contribution is 5.79. The number of nitrogens with one attached hydrogen (secondary N) is 2. The molecule has 4 rings (SSSR count). The third kappa shape index (κ3) is 5.72. The molecule has 184 valence electrons. The Morgan fingerprint density at radius 1 is 1.03 bits per heavy atom. The van der Waals surface area contributed by atoms with Gasteiger partial charge in [0.05, 0.1) is 6.20 Å². The molecule has 2 atom stereocenters. The average Bonchev–Trinajstić information content (AvgIpc) is 2.84. The highest BCUT2D eigenvalue weighted by Gasteiger charge is 2.28. The topological polar surface area (TPSA) is 68.3 Å². The highest BCUT2D eigenvalue weighted by Crippen LogP contribution is 2.41. The molecule has 34 heavy (non-hydrogen) atoms. The fourth-order valence-corrected chi connectivity index (χ4v) is 5.60. The number of fused-ring (bicyclic) bond motifs is 1. The monoisotopic (exact) mass is 463 g/mol. The van der Waals surface area contributed by atoms with Crippen LogP contribution in [0.1, 0.15) is 75.0 Å². The number of pyridine rings is 1. The van der Waals surface area contributed by atoms with Crippen LogP contribution in [0.2, 0.25) is 0 Å². The molecule has 1 aliphatic heterocycles. The fraction of sp³-hybridized carbons (Fsp3) is 0.571. The van der Waals surface area contributed by atoms with E-state index in [9.17, 15) is 0 Å². The summed E-state index contributed by atoms with van der Waals surface area (Å²) in [6, 6.07) is 12.4. The Labute approximate surface area is 204 Å². The van der Waals surface area contributed by atoms with Crippen LogP contribution in [-0.4, -0.2) is 54.1 Å². The molecule has 6 heteroatoms. The number of rotatable bonds is 7. The number of ether oxygens (including phenoxy) is 1. The Morgan fingerprint density at radius 2 is 1.76 bits per heavy atom. The highest BCUT2D eigenvalue weighted by atomic mass is 16.5. The molecule has 0 unspecified atom stereocenters. The maximum atomic E-state index is 8.80. The molecular formula is C28H41N5O. The van der Waals surface area contributed by atoms with Gasteiger partial charge in [0, 0.05) is 19.6 Å². The molecule has 2 aliphatic rings. The number of hydrogen-bond acceptors (Lipinski definition) is 4. The fourth-order valence-electron chi connectivity index (χ4n) is 5.60. The molecule has 0 radical (unpaired) electrons. The van der Waals surface area contributed by atoms with Crippen LogP contribution in [0.4, 0.5) is 0 Å². The summed E-state index contributed by atoms with van der Waals surface area (Å²) >= 11 is 0. The predicted molar refractivity (Wildman–Crippen MR) is 138 cm³/mol. The summed E-state index contributed by atoms with van der Waals surface area (Å²) in [5.41, 5.74) is 3.05. The van der Waals surface area contributed by atoms with Gasteiger partial charge < -0.3 is 14.5 Å². The van der Waals surface area contributed by atoms with E-state index in [2.05, 4.69) is 55.1 Å². The lowest BCUT2D eigenvalue weighted by molar-refractivity contribution is 0.173. The van der Waals surface area contributed by atoms with Crippen molar-refractivity contribution in [2.75, 3.05) is 33.7 Å². The number of benzene rings is 1. The summed E-state index contributed by atoms with van der Waals surface area (Å²) in [6.07, 6.45) is 9.93. The van der Waals surface area contributed by atoms with Crippen molar-refractivity contribution in [2.24, 2.45) is 5.92 Å². The third-order valence-corrected chi connectivity index (χ3v) is 7.43. The van der Waals surface area contributed by atoms with Crippen LogP contribution in [0.25, 0.3) is 0 Å². The second-order valence-corrected chi connectivity index (χ2v) is 10.3. The molecule has 0 amide bonds. The van der Waals surface area contributed by atoms with Gasteiger partial charge in [-0.3, -0.25) is 15.4 Å². The Balaban J connectivity index is 1.46. The van der Waals surface area contributed by atoms with E-state index in [1.165, 1.54) is 30.4 Å². The maximum absolute atomic E-state index is 8.80. The van der Waals surface area contributed by atoms with Crippen molar-refractivity contribution in [3.05, 3.63) is 59.2 Å². The lowest BCUT2D eigenvalue weighted by atomic mass is 9.79. The van der Waals surface area contributed by atoms with Crippen LogP contribution in [0.15, 0.2) is 42.6 Å². The quantitative estimate of drug-likeness (QED) is 0.437. The molecule has 2 aromatic rings. The van der Waals surface area contributed by atoms with Crippen molar-refractivity contribution in [3.8, 4) is 5.75 Å². The van der Waals surface area contributed by atoms with E-state index in [0.717, 1.165) is 51.1 Å². The molecule has 0 spiro atoms. The number of likely N-dealkylation sites (tertiary alicyclic amines) is 1. The number of piperidine rings is 1. The summed E-state index contributed by atoms with van der Waals surface area (Å²) in [7, 11) is 4.25. The van der Waals surface area contributed by atoms with Crippen LogP contribution < -0.4 is 10.2 Å². The minimum Gasteiger partial charge on any atom is -0.484 e. The zero-order chi connectivity index (χ0) is 24.1. The second-order valence-electron chi connectivity index (χ2n) is 10.3. The van der Waals surface area contributed by atoms with Gasteiger partial charge in [-0.05, 0) is 81.3 Å². The van der Waals surface area contributed by atoms with Gasteiger partial charge in [0.2, 0.25) is 5.96 Å². The third-order valence-electron chi connectivity index (χ3n) is 7.43. The first kappa shape index (κ1) is 24.5. The Hall–Kier alpha value is -2.60. The molecule has 6 nitrogen and oxygen atoms in total. The summed E-state index contributed by atoms with van der Waals surface area (Å²) in [5.74, 6) is 2.42. The molecule has 0 saturated carbocycles. The van der Waals surface area contributed by atoms with Gasteiger partial charge >= 0.3 is 0 Å². The van der Waals surface area contributed by atoms with Gasteiger partial charge in [0.15, 0.2) is 0 Å². The van der Waals surface area contributed by atoms with E-state index < -0.39 is 0 Å². The van der Waals surface area contributed by atoms with E-state index in [1.54, 1.807) is 10.6 Å². The molecule has 2 N–H and O–H groups in total. The van der Waals surface area contributed by atoms with Gasteiger partial charge in [0.1, 0.15) is 17.3 Å². The predicted octanol–water partition coefficient (Wildman–Crippen LogP) is 5.21. The number of unbranched alkanes of at least 4 members (excludes halogenated alkanes) is 1. The molecule has 1 aromatic heterocycles. The molecule has 1 saturated heterocycles. The summed E-state index contributed by atoms with van der Waals surface area (Å²) < 4.78 is 8.17. The summed E-state index contributed by atoms with van der Waals surface area (Å²) in [5, 5.41) is 17.2. The second kappa shape index (κ2) is 11.2. The van der Waals surface area contributed by atoms with Gasteiger partial charge in [-0.1, -0.05) is 44.0 Å². The van der Waals surface area contributed by atoms with Gasteiger partial charge in [-0.2, -0.15) is 0 Å². The van der Waals surface area contributed by atoms with Gasteiger partial charge in [-0.25, -0.2) is 0 Å². The van der Waals surface area contributed by atoms with Crippen LogP contribution in [0.3, 0.4) is 0 Å². The lowest BCUT2D eigenvalue weighted by Crippen LogP contribution is -2.45. The van der Waals surface area contributed by atoms with Gasteiger partial charge in [-0.15, -0.1) is 0 Å². The summed E-state index contributed by atoms with van der Waals surface area (Å²) in [6.45, 7) is 5.09. The minimum absolute atomic E-state index is 0.0232. The first-order chi connectivity index (χ1) is 16.5. The van der Waals surface area contributed by atoms with Crippen molar-refractivity contribution in [2.45, 2.75) is 63.9 Å². The van der Waals surface area contributed by atoms with Crippen molar-refractivity contribution >= 4 is 5.96 Å². The first-order valence-corrected chi connectivity index (χ1v) is 13.0. The number of hydrogen-bond donors (Lipinski definition) is 2.